The standard InChI is InChI=1S/C12H10O.CH4N2O.CH2O/c13-12-9-5-4-8-11(12)10-6-2-1-3-7-10;2-1(3)4;1-2/h1-9,13H;(H4,2,3,4);1H2. The Bertz CT molecular complexity index is 497. The Morgan fingerprint density at radius 1 is 0.895 bits per heavy atom. The van der Waals surface area contributed by atoms with Gasteiger partial charge in [-0.25, -0.2) is 4.79 Å². The predicted molar refractivity (Wildman–Crippen MR) is 74.4 cm³/mol. The number of para-hydroxylation sites is 1. The van der Waals surface area contributed by atoms with Gasteiger partial charge >= 0.3 is 6.03 Å². The second kappa shape index (κ2) is 9.23. The number of nitrogens with two attached hydrogens (primary N) is 2. The first-order valence-electron chi connectivity index (χ1n) is 5.28. The highest BCUT2D eigenvalue weighted by Gasteiger charge is 2.00. The summed E-state index contributed by atoms with van der Waals surface area (Å²) < 4.78 is 0. The number of rotatable bonds is 1. The first-order valence-corrected chi connectivity index (χ1v) is 5.28. The van der Waals surface area contributed by atoms with E-state index in [4.69, 9.17) is 9.59 Å². The van der Waals surface area contributed by atoms with Gasteiger partial charge in [-0.3, -0.25) is 0 Å². The van der Waals surface area contributed by atoms with Crippen LogP contribution in [-0.2, 0) is 4.79 Å². The van der Waals surface area contributed by atoms with E-state index in [1.807, 2.05) is 55.3 Å². The van der Waals surface area contributed by atoms with Crippen LogP contribution < -0.4 is 11.5 Å². The monoisotopic (exact) mass is 260 g/mol. The summed E-state index contributed by atoms with van der Waals surface area (Å²) in [6, 6.07) is 16.4. The average molecular weight is 260 g/mol. The molecule has 2 aromatic rings. The van der Waals surface area contributed by atoms with Crippen LogP contribution in [0.2, 0.25) is 0 Å². The number of hydrogen-bond acceptors (Lipinski definition) is 3. The summed E-state index contributed by atoms with van der Waals surface area (Å²) in [7, 11) is 0. The van der Waals surface area contributed by atoms with Gasteiger partial charge in [0.1, 0.15) is 12.5 Å². The maximum absolute atomic E-state index is 9.56. The van der Waals surface area contributed by atoms with Crippen molar-refractivity contribution in [3.8, 4) is 16.9 Å². The number of phenolic OH excluding ortho intramolecular Hbond substituents is 1. The van der Waals surface area contributed by atoms with Gasteiger partial charge in [-0.2, -0.15) is 0 Å². The van der Waals surface area contributed by atoms with Gasteiger partial charge in [0.05, 0.1) is 0 Å². The van der Waals surface area contributed by atoms with Crippen molar-refractivity contribution in [3.05, 3.63) is 54.6 Å². The number of primary amides is 2. The first-order chi connectivity index (χ1) is 9.11. The van der Waals surface area contributed by atoms with E-state index in [1.54, 1.807) is 6.07 Å². The zero-order valence-electron chi connectivity index (χ0n) is 10.3. The summed E-state index contributed by atoms with van der Waals surface area (Å²) in [6.07, 6.45) is 0. The highest BCUT2D eigenvalue weighted by molar-refractivity contribution is 5.69. The van der Waals surface area contributed by atoms with Crippen LogP contribution in [0.15, 0.2) is 54.6 Å². The number of phenols is 1. The SMILES string of the molecule is C=O.NC(N)=O.Oc1ccccc1-c1ccccc1. The molecule has 100 valence electrons. The number of aromatic hydroxyl groups is 1. The molecule has 5 heteroatoms. The molecule has 0 aliphatic carbocycles. The Balaban J connectivity index is 0.000000467. The quantitative estimate of drug-likeness (QED) is 0.728. The van der Waals surface area contributed by atoms with E-state index < -0.39 is 6.03 Å². The molecule has 2 rings (SSSR count). The molecule has 0 heterocycles. The minimum absolute atomic E-state index is 0.328. The van der Waals surface area contributed by atoms with Crippen molar-refractivity contribution in [2.24, 2.45) is 11.5 Å². The Morgan fingerprint density at radius 3 is 1.79 bits per heavy atom. The Kier molecular flexibility index (Phi) is 7.86. The summed E-state index contributed by atoms with van der Waals surface area (Å²) >= 11 is 0. The van der Waals surface area contributed by atoms with Crippen LogP contribution in [0, 0.1) is 0 Å². The van der Waals surface area contributed by atoms with Gasteiger partial charge in [-0.05, 0) is 11.6 Å². The Morgan fingerprint density at radius 2 is 1.32 bits per heavy atom. The third-order valence-electron chi connectivity index (χ3n) is 1.99. The van der Waals surface area contributed by atoms with Crippen LogP contribution in [0.1, 0.15) is 0 Å². The molecule has 0 aliphatic heterocycles. The van der Waals surface area contributed by atoms with Crippen molar-refractivity contribution in [1.82, 2.24) is 0 Å². The van der Waals surface area contributed by atoms with Gasteiger partial charge in [0.25, 0.3) is 0 Å². The molecule has 0 unspecified atom stereocenters. The molecule has 0 spiro atoms. The second-order valence-corrected chi connectivity index (χ2v) is 3.29. The van der Waals surface area contributed by atoms with Gasteiger partial charge in [-0.1, -0.05) is 48.5 Å². The summed E-state index contributed by atoms with van der Waals surface area (Å²) in [5.41, 5.74) is 10.4. The molecule has 5 N–H and O–H groups in total. The maximum Gasteiger partial charge on any atom is 0.309 e. The molecule has 0 aliphatic rings. The van der Waals surface area contributed by atoms with E-state index in [-0.39, 0.29) is 0 Å². The molecule has 0 saturated carbocycles. The van der Waals surface area contributed by atoms with E-state index in [9.17, 15) is 5.11 Å². The third-order valence-corrected chi connectivity index (χ3v) is 1.99. The normalized spacial score (nSPS) is 8.21. The zero-order chi connectivity index (χ0) is 14.7. The number of carbonyl (C=O) groups is 2. The highest BCUT2D eigenvalue weighted by atomic mass is 16.3. The molecular formula is C14H16N2O3. The van der Waals surface area contributed by atoms with Gasteiger partial charge < -0.3 is 21.4 Å². The summed E-state index contributed by atoms with van der Waals surface area (Å²) in [5.74, 6) is 0.328. The lowest BCUT2D eigenvalue weighted by Crippen LogP contribution is -2.18. The molecule has 0 saturated heterocycles. The number of benzene rings is 2. The lowest BCUT2D eigenvalue weighted by molar-refractivity contribution is -0.0979. The molecule has 19 heavy (non-hydrogen) atoms. The fourth-order valence-electron chi connectivity index (χ4n) is 1.34. The minimum atomic E-state index is -0.833. The summed E-state index contributed by atoms with van der Waals surface area (Å²) in [5, 5.41) is 9.56. The largest absolute Gasteiger partial charge is 0.507 e. The van der Waals surface area contributed by atoms with Crippen molar-refractivity contribution < 1.29 is 14.7 Å². The van der Waals surface area contributed by atoms with Crippen LogP contribution in [0.25, 0.3) is 11.1 Å². The summed E-state index contributed by atoms with van der Waals surface area (Å²) in [6.45, 7) is 2.00. The third kappa shape index (κ3) is 6.48. The van der Waals surface area contributed by atoms with Crippen molar-refractivity contribution in [3.63, 3.8) is 0 Å². The smallest absolute Gasteiger partial charge is 0.309 e. The maximum atomic E-state index is 9.56. The fourth-order valence-corrected chi connectivity index (χ4v) is 1.34. The van der Waals surface area contributed by atoms with Crippen LogP contribution >= 0.6 is 0 Å². The molecule has 0 fully saturated rings. The number of amides is 2. The van der Waals surface area contributed by atoms with Crippen LogP contribution in [0.5, 0.6) is 5.75 Å². The lowest BCUT2D eigenvalue weighted by Gasteiger charge is -2.02. The molecular weight excluding hydrogens is 244 g/mol. The predicted octanol–water partition coefficient (Wildman–Crippen LogP) is 1.90. The van der Waals surface area contributed by atoms with Gasteiger partial charge in [0, 0.05) is 5.56 Å². The Hall–Kier alpha value is -2.82. The number of carbonyl (C=O) groups excluding carboxylic acids is 2. The van der Waals surface area contributed by atoms with Crippen molar-refractivity contribution in [2.75, 3.05) is 0 Å². The molecule has 2 aromatic carbocycles. The molecule has 0 aromatic heterocycles. The van der Waals surface area contributed by atoms with Gasteiger partial charge in [0.15, 0.2) is 0 Å². The number of hydrogen-bond donors (Lipinski definition) is 3. The first kappa shape index (κ1) is 16.2. The highest BCUT2D eigenvalue weighted by Crippen LogP contribution is 2.27. The zero-order valence-corrected chi connectivity index (χ0v) is 10.3. The fraction of sp³-hybridized carbons (Fsp3) is 0. The van der Waals surface area contributed by atoms with Crippen molar-refractivity contribution in [2.45, 2.75) is 0 Å². The molecule has 0 radical (unpaired) electrons. The average Bonchev–Trinajstić information content (AvgIpc) is 2.42. The lowest BCUT2D eigenvalue weighted by atomic mass is 10.1. The molecule has 5 nitrogen and oxygen atoms in total. The van der Waals surface area contributed by atoms with Gasteiger partial charge in [-0.15, -0.1) is 0 Å². The van der Waals surface area contributed by atoms with E-state index in [0.717, 1.165) is 11.1 Å². The van der Waals surface area contributed by atoms with E-state index >= 15 is 0 Å². The van der Waals surface area contributed by atoms with Gasteiger partial charge in [0.2, 0.25) is 0 Å². The van der Waals surface area contributed by atoms with Crippen LogP contribution in [0.3, 0.4) is 0 Å². The topological polar surface area (TPSA) is 106 Å². The molecule has 0 bridgehead atoms. The minimum Gasteiger partial charge on any atom is -0.507 e. The second-order valence-electron chi connectivity index (χ2n) is 3.29. The van der Waals surface area contributed by atoms with E-state index in [2.05, 4.69) is 11.5 Å². The Labute approximate surface area is 111 Å². The number of urea groups is 1. The molecule has 2 amide bonds. The van der Waals surface area contributed by atoms with E-state index in [0.29, 0.717) is 5.75 Å². The van der Waals surface area contributed by atoms with Crippen LogP contribution in [0.4, 0.5) is 4.79 Å². The van der Waals surface area contributed by atoms with E-state index in [1.165, 1.54) is 0 Å². The van der Waals surface area contributed by atoms with Crippen molar-refractivity contribution >= 4 is 12.8 Å². The summed E-state index contributed by atoms with van der Waals surface area (Å²) in [4.78, 5) is 17.0. The molecule has 0 atom stereocenters. The van der Waals surface area contributed by atoms with Crippen molar-refractivity contribution in [1.29, 1.82) is 0 Å². The van der Waals surface area contributed by atoms with Crippen LogP contribution in [-0.4, -0.2) is 17.9 Å².